The smallest absolute Gasteiger partial charge is 0.234 e. The van der Waals surface area contributed by atoms with Crippen LogP contribution in [0.1, 0.15) is 68.2 Å². The van der Waals surface area contributed by atoms with Crippen LogP contribution in [0.2, 0.25) is 0 Å². The maximum atomic E-state index is 12.4. The van der Waals surface area contributed by atoms with Crippen LogP contribution in [-0.2, 0) is 24.3 Å². The predicted octanol–water partition coefficient (Wildman–Crippen LogP) is 2.55. The lowest BCUT2D eigenvalue weighted by Gasteiger charge is -2.53. The Morgan fingerprint density at radius 1 is 1.14 bits per heavy atom. The van der Waals surface area contributed by atoms with Crippen LogP contribution in [0.5, 0.6) is 0 Å². The van der Waals surface area contributed by atoms with Crippen LogP contribution in [0.4, 0.5) is 5.82 Å². The summed E-state index contributed by atoms with van der Waals surface area (Å²) in [6.45, 7) is 10.0. The Morgan fingerprint density at radius 2 is 1.92 bits per heavy atom. The molecule has 3 aliphatic carbocycles. The van der Waals surface area contributed by atoms with Gasteiger partial charge in [-0.1, -0.05) is 6.92 Å². The van der Waals surface area contributed by atoms with E-state index in [0.29, 0.717) is 12.0 Å². The standard InChI is InChI=1S/C26H37N9O/c1-4-27-14-22(36)31-26-9-6-25(7-10-26,8-11-26)16-35-21-5-12-34(15-20(21)17(2)33-35)24-19-13-28-32-23(19)29-18(3)30-24/h13,27H,4-12,14-16H2,1-3H3,(H,31,36)(H,28,29,30,32). The first-order valence-corrected chi connectivity index (χ1v) is 13.4. The molecule has 4 aliphatic rings. The van der Waals surface area contributed by atoms with E-state index < -0.39 is 0 Å². The molecule has 7 rings (SSSR count). The van der Waals surface area contributed by atoms with Crippen molar-refractivity contribution < 1.29 is 4.79 Å². The number of nitrogens with one attached hydrogen (secondary N) is 3. The molecule has 192 valence electrons. The van der Waals surface area contributed by atoms with Crippen LogP contribution >= 0.6 is 0 Å². The Hall–Kier alpha value is -3.01. The van der Waals surface area contributed by atoms with E-state index in [1.165, 1.54) is 11.3 Å². The van der Waals surface area contributed by atoms with Crippen molar-refractivity contribution in [3.8, 4) is 0 Å². The van der Waals surface area contributed by atoms with Crippen LogP contribution in [0.15, 0.2) is 6.20 Å². The van der Waals surface area contributed by atoms with E-state index in [9.17, 15) is 4.79 Å². The number of hydrogen-bond acceptors (Lipinski definition) is 7. The lowest BCUT2D eigenvalue weighted by atomic mass is 9.57. The molecule has 3 aromatic rings. The fourth-order valence-electron chi connectivity index (χ4n) is 6.73. The van der Waals surface area contributed by atoms with Crippen molar-refractivity contribution in [1.29, 1.82) is 0 Å². The fraction of sp³-hybridized carbons (Fsp3) is 0.654. The highest BCUT2D eigenvalue weighted by Gasteiger charge is 2.49. The minimum atomic E-state index is 0.00229. The van der Waals surface area contributed by atoms with Crippen LogP contribution in [0.25, 0.3) is 11.0 Å². The van der Waals surface area contributed by atoms with Gasteiger partial charge in [-0.3, -0.25) is 14.6 Å². The number of H-pyrrole nitrogens is 1. The summed E-state index contributed by atoms with van der Waals surface area (Å²) < 4.78 is 2.32. The van der Waals surface area contributed by atoms with Gasteiger partial charge in [0.05, 0.1) is 23.8 Å². The lowest BCUT2D eigenvalue weighted by molar-refractivity contribution is -0.124. The number of anilines is 1. The molecular weight excluding hydrogens is 454 g/mol. The van der Waals surface area contributed by atoms with Gasteiger partial charge in [-0.2, -0.15) is 10.2 Å². The molecule has 1 amide bonds. The summed E-state index contributed by atoms with van der Waals surface area (Å²) in [6.07, 6.45) is 9.49. The molecule has 0 saturated heterocycles. The number of likely N-dealkylation sites (N-methyl/N-ethyl adjacent to an activating group) is 1. The van der Waals surface area contributed by atoms with Crippen LogP contribution in [0.3, 0.4) is 0 Å². The SMILES string of the molecule is CCNCC(=O)NC12CCC(Cn3nc(C)c4c3CCN(c3nc(C)nc5[nH]ncc35)C4)(CC1)CC2. The maximum absolute atomic E-state index is 12.4. The van der Waals surface area contributed by atoms with Crippen LogP contribution in [-0.4, -0.2) is 61.0 Å². The second kappa shape index (κ2) is 8.83. The number of nitrogens with zero attached hydrogens (tertiary/aromatic N) is 6. The van der Waals surface area contributed by atoms with E-state index in [4.69, 9.17) is 10.1 Å². The van der Waals surface area contributed by atoms with Gasteiger partial charge < -0.3 is 15.5 Å². The number of amides is 1. The quantitative estimate of drug-likeness (QED) is 0.465. The van der Waals surface area contributed by atoms with Crippen molar-refractivity contribution in [2.24, 2.45) is 5.41 Å². The van der Waals surface area contributed by atoms with Crippen molar-refractivity contribution in [3.63, 3.8) is 0 Å². The number of aryl methyl sites for hydroxylation is 2. The molecule has 0 spiro atoms. The molecule has 3 saturated carbocycles. The summed E-state index contributed by atoms with van der Waals surface area (Å²) in [6, 6.07) is 0. The fourth-order valence-corrected chi connectivity index (χ4v) is 6.73. The van der Waals surface area contributed by atoms with Crippen molar-refractivity contribution in [2.75, 3.05) is 24.5 Å². The van der Waals surface area contributed by atoms with Gasteiger partial charge in [-0.15, -0.1) is 0 Å². The summed E-state index contributed by atoms with van der Waals surface area (Å²) in [4.78, 5) is 24.0. The largest absolute Gasteiger partial charge is 0.351 e. The van der Waals surface area contributed by atoms with Gasteiger partial charge in [-0.05, 0) is 64.3 Å². The average Bonchev–Trinajstić information content (AvgIpc) is 3.47. The zero-order valence-electron chi connectivity index (χ0n) is 21.7. The van der Waals surface area contributed by atoms with Gasteiger partial charge in [0.15, 0.2) is 5.65 Å². The summed E-state index contributed by atoms with van der Waals surface area (Å²) >= 11 is 0. The van der Waals surface area contributed by atoms with Gasteiger partial charge in [0.25, 0.3) is 0 Å². The first-order chi connectivity index (χ1) is 17.4. The van der Waals surface area contributed by atoms with E-state index in [1.54, 1.807) is 0 Å². The topological polar surface area (TPSA) is 117 Å². The third-order valence-corrected chi connectivity index (χ3v) is 8.86. The van der Waals surface area contributed by atoms with Crippen molar-refractivity contribution in [1.82, 2.24) is 40.6 Å². The first kappa shape index (κ1) is 23.4. The van der Waals surface area contributed by atoms with E-state index in [1.807, 2.05) is 20.0 Å². The minimum Gasteiger partial charge on any atom is -0.351 e. The summed E-state index contributed by atoms with van der Waals surface area (Å²) in [7, 11) is 0. The summed E-state index contributed by atoms with van der Waals surface area (Å²) in [5, 5.41) is 19.7. The lowest BCUT2D eigenvalue weighted by Crippen LogP contribution is -2.58. The van der Waals surface area contributed by atoms with Crippen LogP contribution in [0, 0.1) is 19.3 Å². The highest BCUT2D eigenvalue weighted by Crippen LogP contribution is 2.53. The highest BCUT2D eigenvalue weighted by atomic mass is 16.2. The van der Waals surface area contributed by atoms with Gasteiger partial charge in [-0.25, -0.2) is 9.97 Å². The second-order valence-corrected chi connectivity index (χ2v) is 11.2. The van der Waals surface area contributed by atoms with Gasteiger partial charge in [0, 0.05) is 42.9 Å². The molecule has 36 heavy (non-hydrogen) atoms. The van der Waals surface area contributed by atoms with Gasteiger partial charge >= 0.3 is 0 Å². The van der Waals surface area contributed by atoms with Crippen LogP contribution < -0.4 is 15.5 Å². The monoisotopic (exact) mass is 491 g/mol. The highest BCUT2D eigenvalue weighted by molar-refractivity contribution is 5.86. The third-order valence-electron chi connectivity index (χ3n) is 8.86. The zero-order chi connectivity index (χ0) is 24.9. The molecule has 0 unspecified atom stereocenters. The van der Waals surface area contributed by atoms with E-state index in [-0.39, 0.29) is 11.4 Å². The predicted molar refractivity (Wildman–Crippen MR) is 138 cm³/mol. The molecule has 0 radical (unpaired) electrons. The van der Waals surface area contributed by atoms with Crippen molar-refractivity contribution in [3.05, 3.63) is 29.0 Å². The number of aromatic amines is 1. The van der Waals surface area contributed by atoms with E-state index >= 15 is 0 Å². The van der Waals surface area contributed by atoms with Gasteiger partial charge in [0.2, 0.25) is 5.91 Å². The van der Waals surface area contributed by atoms with Gasteiger partial charge in [0.1, 0.15) is 11.6 Å². The molecule has 0 aromatic carbocycles. The molecule has 3 fully saturated rings. The molecule has 0 atom stereocenters. The summed E-state index contributed by atoms with van der Waals surface area (Å²) in [5.41, 5.74) is 4.93. The Bertz CT molecular complexity index is 1270. The molecule has 4 heterocycles. The number of carbonyl (C=O) groups is 1. The molecule has 3 N–H and O–H groups in total. The van der Waals surface area contributed by atoms with Crippen molar-refractivity contribution >= 4 is 22.8 Å². The Balaban J connectivity index is 1.17. The summed E-state index contributed by atoms with van der Waals surface area (Å²) in [5.74, 6) is 1.84. The first-order valence-electron chi connectivity index (χ1n) is 13.4. The third kappa shape index (κ3) is 4.05. The Morgan fingerprint density at radius 3 is 2.67 bits per heavy atom. The second-order valence-electron chi connectivity index (χ2n) is 11.2. The molecule has 3 aromatic heterocycles. The maximum Gasteiger partial charge on any atom is 0.234 e. The molecule has 2 bridgehead atoms. The molecule has 10 nitrogen and oxygen atoms in total. The number of hydrogen-bond donors (Lipinski definition) is 3. The minimum absolute atomic E-state index is 0.00229. The van der Waals surface area contributed by atoms with E-state index in [0.717, 1.165) is 99.5 Å². The Kier molecular flexibility index (Phi) is 5.74. The zero-order valence-corrected chi connectivity index (χ0v) is 21.7. The van der Waals surface area contributed by atoms with Crippen molar-refractivity contribution in [2.45, 2.75) is 84.3 Å². The molecule has 1 aliphatic heterocycles. The normalized spacial score (nSPS) is 25.4. The number of rotatable bonds is 7. The molecular formula is C26H37N9O. The number of carbonyl (C=O) groups excluding carboxylic acids is 1. The molecule has 10 heteroatoms. The average molecular weight is 492 g/mol. The van der Waals surface area contributed by atoms with E-state index in [2.05, 4.69) is 42.3 Å². The number of fused-ring (bicyclic) bond motifs is 5. The number of aromatic nitrogens is 6. The Labute approximate surface area is 211 Å².